The Morgan fingerprint density at radius 1 is 1.19 bits per heavy atom. The Labute approximate surface area is 128 Å². The molecule has 3 heteroatoms. The van der Waals surface area contributed by atoms with Crippen molar-refractivity contribution >= 4 is 5.91 Å². The SMILES string of the molecule is CN(CCCCc1ccccc1)C(=O)CNC1CCCC1. The molecule has 0 saturated heterocycles. The van der Waals surface area contributed by atoms with Crippen molar-refractivity contribution in [2.45, 2.75) is 51.0 Å². The van der Waals surface area contributed by atoms with E-state index >= 15 is 0 Å². The Morgan fingerprint density at radius 2 is 1.90 bits per heavy atom. The summed E-state index contributed by atoms with van der Waals surface area (Å²) in [4.78, 5) is 13.9. The first-order valence-corrected chi connectivity index (χ1v) is 8.27. The number of rotatable bonds is 8. The molecule has 0 aromatic heterocycles. The molecule has 116 valence electrons. The van der Waals surface area contributed by atoms with Gasteiger partial charge in [0.15, 0.2) is 0 Å². The highest BCUT2D eigenvalue weighted by molar-refractivity contribution is 5.77. The Balaban J connectivity index is 1.55. The maximum Gasteiger partial charge on any atom is 0.236 e. The lowest BCUT2D eigenvalue weighted by Crippen LogP contribution is -2.39. The molecule has 1 saturated carbocycles. The topological polar surface area (TPSA) is 32.3 Å². The Kier molecular flexibility index (Phi) is 6.74. The summed E-state index contributed by atoms with van der Waals surface area (Å²) in [5.41, 5.74) is 1.38. The van der Waals surface area contributed by atoms with Crippen molar-refractivity contribution in [3.05, 3.63) is 35.9 Å². The highest BCUT2D eigenvalue weighted by atomic mass is 16.2. The van der Waals surface area contributed by atoms with Crippen LogP contribution < -0.4 is 5.32 Å². The molecule has 0 bridgehead atoms. The van der Waals surface area contributed by atoms with E-state index in [0.29, 0.717) is 12.6 Å². The molecule has 3 nitrogen and oxygen atoms in total. The van der Waals surface area contributed by atoms with Crippen molar-refractivity contribution in [1.29, 1.82) is 0 Å². The Morgan fingerprint density at radius 3 is 2.62 bits per heavy atom. The molecule has 1 aromatic carbocycles. The molecule has 0 spiro atoms. The molecular formula is C18H28N2O. The molecule has 1 N–H and O–H groups in total. The first-order chi connectivity index (χ1) is 10.3. The average molecular weight is 288 g/mol. The molecule has 1 fully saturated rings. The summed E-state index contributed by atoms with van der Waals surface area (Å²) in [6, 6.07) is 11.1. The predicted octanol–water partition coefficient (Wildman–Crippen LogP) is 3.00. The molecule has 0 heterocycles. The highest BCUT2D eigenvalue weighted by Gasteiger charge is 2.16. The number of nitrogens with one attached hydrogen (secondary N) is 1. The van der Waals surface area contributed by atoms with Crippen LogP contribution in [0.3, 0.4) is 0 Å². The minimum absolute atomic E-state index is 0.224. The van der Waals surface area contributed by atoms with Gasteiger partial charge in [-0.1, -0.05) is 43.2 Å². The largest absolute Gasteiger partial charge is 0.345 e. The van der Waals surface area contributed by atoms with Gasteiger partial charge in [0.2, 0.25) is 5.91 Å². The van der Waals surface area contributed by atoms with Crippen LogP contribution in [-0.4, -0.2) is 37.0 Å². The average Bonchev–Trinajstić information content (AvgIpc) is 3.03. The van der Waals surface area contributed by atoms with E-state index in [1.54, 1.807) is 0 Å². The smallest absolute Gasteiger partial charge is 0.236 e. The lowest BCUT2D eigenvalue weighted by atomic mass is 10.1. The quantitative estimate of drug-likeness (QED) is 0.746. The molecule has 0 aliphatic heterocycles. The molecule has 1 aliphatic rings. The number of nitrogens with zero attached hydrogens (tertiary/aromatic N) is 1. The normalized spacial score (nSPS) is 15.3. The van der Waals surface area contributed by atoms with Gasteiger partial charge < -0.3 is 10.2 Å². The number of benzene rings is 1. The van der Waals surface area contributed by atoms with Crippen LogP contribution in [0.4, 0.5) is 0 Å². The van der Waals surface area contributed by atoms with Crippen molar-refractivity contribution in [3.63, 3.8) is 0 Å². The van der Waals surface area contributed by atoms with E-state index in [0.717, 1.165) is 25.8 Å². The van der Waals surface area contributed by atoms with Crippen molar-refractivity contribution in [1.82, 2.24) is 10.2 Å². The van der Waals surface area contributed by atoms with Gasteiger partial charge in [0, 0.05) is 19.6 Å². The van der Waals surface area contributed by atoms with Crippen LogP contribution in [0.1, 0.15) is 44.1 Å². The van der Waals surface area contributed by atoms with Gasteiger partial charge in [0.1, 0.15) is 0 Å². The van der Waals surface area contributed by atoms with E-state index < -0.39 is 0 Å². The fourth-order valence-corrected chi connectivity index (χ4v) is 2.94. The van der Waals surface area contributed by atoms with Crippen molar-refractivity contribution in [2.75, 3.05) is 20.1 Å². The second-order valence-electron chi connectivity index (χ2n) is 6.12. The zero-order valence-electron chi connectivity index (χ0n) is 13.2. The molecule has 0 atom stereocenters. The van der Waals surface area contributed by atoms with Crippen LogP contribution in [0.25, 0.3) is 0 Å². The second kappa shape index (κ2) is 8.83. The van der Waals surface area contributed by atoms with Crippen LogP contribution in [0.5, 0.6) is 0 Å². The van der Waals surface area contributed by atoms with Crippen molar-refractivity contribution in [3.8, 4) is 0 Å². The van der Waals surface area contributed by atoms with E-state index in [1.165, 1.54) is 31.2 Å². The van der Waals surface area contributed by atoms with Gasteiger partial charge in [-0.2, -0.15) is 0 Å². The van der Waals surface area contributed by atoms with Crippen LogP contribution in [-0.2, 0) is 11.2 Å². The number of likely N-dealkylation sites (N-methyl/N-ethyl adjacent to an activating group) is 1. The van der Waals surface area contributed by atoms with Crippen LogP contribution >= 0.6 is 0 Å². The summed E-state index contributed by atoms with van der Waals surface area (Å²) in [7, 11) is 1.92. The number of aryl methyl sites for hydroxylation is 1. The molecule has 1 aliphatic carbocycles. The summed E-state index contributed by atoms with van der Waals surface area (Å²) in [5.74, 6) is 0.224. The lowest BCUT2D eigenvalue weighted by molar-refractivity contribution is -0.129. The minimum atomic E-state index is 0.224. The fraction of sp³-hybridized carbons (Fsp3) is 0.611. The fourth-order valence-electron chi connectivity index (χ4n) is 2.94. The van der Waals surface area contributed by atoms with Crippen LogP contribution in [0.2, 0.25) is 0 Å². The third-order valence-electron chi connectivity index (χ3n) is 4.37. The summed E-state index contributed by atoms with van der Waals surface area (Å²) in [6.45, 7) is 1.36. The van der Waals surface area contributed by atoms with E-state index in [4.69, 9.17) is 0 Å². The van der Waals surface area contributed by atoms with Gasteiger partial charge >= 0.3 is 0 Å². The highest BCUT2D eigenvalue weighted by Crippen LogP contribution is 2.17. The molecule has 2 rings (SSSR count). The van der Waals surface area contributed by atoms with E-state index in [1.807, 2.05) is 18.0 Å². The number of carbonyl (C=O) groups excluding carboxylic acids is 1. The number of hydrogen-bond donors (Lipinski definition) is 1. The molecule has 1 aromatic rings. The number of unbranched alkanes of at least 4 members (excludes halogenated alkanes) is 1. The molecule has 0 unspecified atom stereocenters. The van der Waals surface area contributed by atoms with Crippen molar-refractivity contribution < 1.29 is 4.79 Å². The maximum absolute atomic E-state index is 12.0. The number of hydrogen-bond acceptors (Lipinski definition) is 2. The standard InChI is InChI=1S/C18H28N2O/c1-20(18(21)15-19-17-12-5-6-13-17)14-8-7-11-16-9-3-2-4-10-16/h2-4,9-10,17,19H,5-8,11-15H2,1H3. The van der Waals surface area contributed by atoms with Gasteiger partial charge in [0.05, 0.1) is 6.54 Å². The minimum Gasteiger partial charge on any atom is -0.345 e. The second-order valence-corrected chi connectivity index (χ2v) is 6.12. The molecule has 21 heavy (non-hydrogen) atoms. The molecule has 0 radical (unpaired) electrons. The predicted molar refractivity (Wildman–Crippen MR) is 87.3 cm³/mol. The first-order valence-electron chi connectivity index (χ1n) is 8.27. The Bertz CT molecular complexity index is 412. The summed E-state index contributed by atoms with van der Waals surface area (Å²) < 4.78 is 0. The van der Waals surface area contributed by atoms with E-state index in [-0.39, 0.29) is 5.91 Å². The third-order valence-corrected chi connectivity index (χ3v) is 4.37. The molecular weight excluding hydrogens is 260 g/mol. The van der Waals surface area contributed by atoms with Gasteiger partial charge in [-0.15, -0.1) is 0 Å². The van der Waals surface area contributed by atoms with E-state index in [9.17, 15) is 4.79 Å². The van der Waals surface area contributed by atoms with Gasteiger partial charge in [-0.05, 0) is 37.7 Å². The van der Waals surface area contributed by atoms with E-state index in [2.05, 4.69) is 29.6 Å². The summed E-state index contributed by atoms with van der Waals surface area (Å²) in [6.07, 6.45) is 8.38. The van der Waals surface area contributed by atoms with Crippen LogP contribution in [0.15, 0.2) is 30.3 Å². The number of carbonyl (C=O) groups is 1. The van der Waals surface area contributed by atoms with Crippen molar-refractivity contribution in [2.24, 2.45) is 0 Å². The van der Waals surface area contributed by atoms with Gasteiger partial charge in [0.25, 0.3) is 0 Å². The van der Waals surface area contributed by atoms with Crippen LogP contribution in [0, 0.1) is 0 Å². The van der Waals surface area contributed by atoms with Gasteiger partial charge in [-0.3, -0.25) is 4.79 Å². The molecule has 1 amide bonds. The number of amides is 1. The summed E-state index contributed by atoms with van der Waals surface area (Å²) in [5, 5.41) is 3.39. The zero-order valence-corrected chi connectivity index (χ0v) is 13.2. The third kappa shape index (κ3) is 5.88. The lowest BCUT2D eigenvalue weighted by Gasteiger charge is -2.19. The maximum atomic E-state index is 12.0. The first kappa shape index (κ1) is 16.0. The van der Waals surface area contributed by atoms with Gasteiger partial charge in [-0.25, -0.2) is 0 Å². The summed E-state index contributed by atoms with van der Waals surface area (Å²) >= 11 is 0. The zero-order chi connectivity index (χ0) is 14.9. The monoisotopic (exact) mass is 288 g/mol. The Hall–Kier alpha value is -1.35.